The van der Waals surface area contributed by atoms with Gasteiger partial charge in [0.05, 0.1) is 37.6 Å². The monoisotopic (exact) mass is 552 g/mol. The van der Waals surface area contributed by atoms with Crippen LogP contribution in [-0.4, -0.2) is 103 Å². The highest BCUT2D eigenvalue weighted by atomic mass is 16.7. The van der Waals surface area contributed by atoms with Crippen molar-refractivity contribution in [2.75, 3.05) is 33.0 Å². The molecule has 0 saturated carbocycles. The molecule has 0 spiro atoms. The van der Waals surface area contributed by atoms with E-state index in [2.05, 4.69) is 10.6 Å². The van der Waals surface area contributed by atoms with Gasteiger partial charge in [-0.1, -0.05) is 19.1 Å². The van der Waals surface area contributed by atoms with E-state index < -0.39 is 55.1 Å². The van der Waals surface area contributed by atoms with Crippen molar-refractivity contribution < 1.29 is 53.4 Å². The third-order valence-corrected chi connectivity index (χ3v) is 6.53. The maximum absolute atomic E-state index is 12.2. The summed E-state index contributed by atoms with van der Waals surface area (Å²) in [5.74, 6) is -1.91. The second kappa shape index (κ2) is 14.4. The van der Waals surface area contributed by atoms with E-state index in [0.29, 0.717) is 36.0 Å². The maximum Gasteiger partial charge on any atom is 0.347 e. The number of carbonyl (C=O) groups is 4. The van der Waals surface area contributed by atoms with Gasteiger partial charge in [-0.25, -0.2) is 9.59 Å². The summed E-state index contributed by atoms with van der Waals surface area (Å²) < 4.78 is 21.2. The van der Waals surface area contributed by atoms with Crippen LogP contribution in [0, 0.1) is 0 Å². The number of aliphatic hydroxyl groups is 3. The number of aryl methyl sites for hydroxylation is 2. The molecule has 2 aliphatic heterocycles. The number of amides is 2. The molecule has 3 rings (SSSR count). The van der Waals surface area contributed by atoms with Crippen LogP contribution < -0.4 is 10.6 Å². The third-order valence-electron chi connectivity index (χ3n) is 6.53. The molecule has 5 unspecified atom stereocenters. The molecular weight excluding hydrogens is 516 g/mol. The molecule has 1 fully saturated rings. The van der Waals surface area contributed by atoms with Gasteiger partial charge in [-0.05, 0) is 30.4 Å². The zero-order valence-corrected chi connectivity index (χ0v) is 22.0. The van der Waals surface area contributed by atoms with Crippen LogP contribution in [0.2, 0.25) is 0 Å². The van der Waals surface area contributed by atoms with Crippen LogP contribution in [0.5, 0.6) is 0 Å². The minimum atomic E-state index is -1.39. The highest BCUT2D eigenvalue weighted by Crippen LogP contribution is 2.28. The SMILES string of the molecule is CCc1ccc(CCCC(=O)NCCOCCOC2OC(CO)C(O)C(O)C2NC(C)=O)c2c1C(=O)OC2=O. The molecule has 2 aliphatic rings. The minimum absolute atomic E-state index is 0.0295. The van der Waals surface area contributed by atoms with Crippen molar-refractivity contribution in [2.45, 2.75) is 70.2 Å². The number of fused-ring (bicyclic) bond motifs is 1. The second-order valence-electron chi connectivity index (χ2n) is 9.28. The molecular formula is C26H36N2O11. The lowest BCUT2D eigenvalue weighted by molar-refractivity contribution is -0.272. The summed E-state index contributed by atoms with van der Waals surface area (Å²) in [6, 6.07) is 2.58. The highest BCUT2D eigenvalue weighted by molar-refractivity contribution is 6.16. The number of hydrogen-bond acceptors (Lipinski definition) is 11. The number of benzene rings is 1. The van der Waals surface area contributed by atoms with Crippen LogP contribution in [0.1, 0.15) is 58.5 Å². The van der Waals surface area contributed by atoms with Gasteiger partial charge in [0, 0.05) is 19.9 Å². The number of carbonyl (C=O) groups excluding carboxylic acids is 4. The molecule has 5 N–H and O–H groups in total. The van der Waals surface area contributed by atoms with Gasteiger partial charge in [0.15, 0.2) is 6.29 Å². The van der Waals surface area contributed by atoms with Crippen LogP contribution in [0.15, 0.2) is 12.1 Å². The van der Waals surface area contributed by atoms with Gasteiger partial charge in [0.1, 0.15) is 24.4 Å². The molecule has 216 valence electrons. The normalized spacial score (nSPS) is 24.3. The molecule has 2 heterocycles. The first-order valence-corrected chi connectivity index (χ1v) is 12.9. The van der Waals surface area contributed by atoms with E-state index in [1.54, 1.807) is 6.07 Å². The van der Waals surface area contributed by atoms with Crippen molar-refractivity contribution in [1.29, 1.82) is 0 Å². The van der Waals surface area contributed by atoms with E-state index >= 15 is 0 Å². The zero-order chi connectivity index (χ0) is 28.5. The Kier molecular flexibility index (Phi) is 11.3. The van der Waals surface area contributed by atoms with E-state index in [4.69, 9.17) is 18.9 Å². The fourth-order valence-corrected chi connectivity index (χ4v) is 4.57. The summed E-state index contributed by atoms with van der Waals surface area (Å²) in [7, 11) is 0. The van der Waals surface area contributed by atoms with Crippen molar-refractivity contribution in [3.63, 3.8) is 0 Å². The summed E-state index contributed by atoms with van der Waals surface area (Å²) in [6.07, 6.45) is -3.21. The van der Waals surface area contributed by atoms with Gasteiger partial charge in [-0.2, -0.15) is 0 Å². The molecule has 2 amide bonds. The molecule has 13 heteroatoms. The molecule has 0 aromatic heterocycles. The molecule has 5 atom stereocenters. The number of aliphatic hydroxyl groups excluding tert-OH is 3. The average Bonchev–Trinajstić information content (AvgIpc) is 3.21. The smallest absolute Gasteiger partial charge is 0.347 e. The van der Waals surface area contributed by atoms with Crippen LogP contribution in [0.4, 0.5) is 0 Å². The lowest BCUT2D eigenvalue weighted by atomic mass is 9.93. The summed E-state index contributed by atoms with van der Waals surface area (Å²) in [4.78, 5) is 47.7. The summed E-state index contributed by atoms with van der Waals surface area (Å²) in [6.45, 7) is 3.22. The quantitative estimate of drug-likeness (QED) is 0.108. The topological polar surface area (TPSA) is 190 Å². The molecule has 1 saturated heterocycles. The number of hydrogen-bond donors (Lipinski definition) is 5. The molecule has 13 nitrogen and oxygen atoms in total. The first kappa shape index (κ1) is 30.6. The van der Waals surface area contributed by atoms with Crippen molar-refractivity contribution in [3.8, 4) is 0 Å². The Bertz CT molecular complexity index is 1050. The number of cyclic esters (lactones) is 2. The Balaban J connectivity index is 1.33. The van der Waals surface area contributed by atoms with Crippen molar-refractivity contribution >= 4 is 23.8 Å². The zero-order valence-electron chi connectivity index (χ0n) is 22.0. The number of rotatable bonds is 14. The summed E-state index contributed by atoms with van der Waals surface area (Å²) >= 11 is 0. The molecule has 0 aliphatic carbocycles. The standard InChI is InChI=1S/C26H36N2O11/c1-3-15-7-8-16(20-19(15)24(34)39-25(20)35)5-4-6-18(31)27-9-10-36-11-12-37-26-21(28-14(2)30)23(33)22(32)17(13-29)38-26/h7-8,17,21-23,26,29,32-33H,3-6,9-13H2,1-2H3,(H,27,31)(H,28,30). The van der Waals surface area contributed by atoms with Gasteiger partial charge >= 0.3 is 11.9 Å². The molecule has 0 bridgehead atoms. The second-order valence-corrected chi connectivity index (χ2v) is 9.28. The van der Waals surface area contributed by atoms with Gasteiger partial charge in [-0.15, -0.1) is 0 Å². The fraction of sp³-hybridized carbons (Fsp3) is 0.615. The van der Waals surface area contributed by atoms with Crippen molar-refractivity contribution in [3.05, 3.63) is 34.4 Å². The third kappa shape index (κ3) is 7.81. The summed E-state index contributed by atoms with van der Waals surface area (Å²) in [5.41, 5.74) is 2.07. The summed E-state index contributed by atoms with van der Waals surface area (Å²) in [5, 5.41) is 34.8. The average molecular weight is 553 g/mol. The van der Waals surface area contributed by atoms with Gasteiger partial charge in [0.2, 0.25) is 11.8 Å². The number of esters is 2. The highest BCUT2D eigenvalue weighted by Gasteiger charge is 2.45. The molecule has 0 radical (unpaired) electrons. The van der Waals surface area contributed by atoms with E-state index in [1.807, 2.05) is 13.0 Å². The lowest BCUT2D eigenvalue weighted by Gasteiger charge is -2.42. The lowest BCUT2D eigenvalue weighted by Crippen LogP contribution is -2.64. The Morgan fingerprint density at radius 3 is 2.38 bits per heavy atom. The first-order chi connectivity index (χ1) is 18.7. The Morgan fingerprint density at radius 1 is 1.03 bits per heavy atom. The van der Waals surface area contributed by atoms with E-state index in [1.165, 1.54) is 6.92 Å². The Hall–Kier alpha value is -2.94. The molecule has 1 aromatic carbocycles. The largest absolute Gasteiger partial charge is 0.394 e. The predicted molar refractivity (Wildman–Crippen MR) is 134 cm³/mol. The van der Waals surface area contributed by atoms with Crippen LogP contribution >= 0.6 is 0 Å². The van der Waals surface area contributed by atoms with Crippen LogP contribution in [-0.2, 0) is 41.4 Å². The first-order valence-electron chi connectivity index (χ1n) is 12.9. The van der Waals surface area contributed by atoms with Gasteiger partial charge < -0.3 is 44.9 Å². The predicted octanol–water partition coefficient (Wildman–Crippen LogP) is -1.02. The van der Waals surface area contributed by atoms with Gasteiger partial charge in [-0.3, -0.25) is 9.59 Å². The Morgan fingerprint density at radius 2 is 1.72 bits per heavy atom. The molecule has 39 heavy (non-hydrogen) atoms. The maximum atomic E-state index is 12.2. The van der Waals surface area contributed by atoms with E-state index in [9.17, 15) is 34.5 Å². The number of ether oxygens (including phenoxy) is 4. The van der Waals surface area contributed by atoms with Crippen molar-refractivity contribution in [1.82, 2.24) is 10.6 Å². The van der Waals surface area contributed by atoms with Crippen LogP contribution in [0.25, 0.3) is 0 Å². The minimum Gasteiger partial charge on any atom is -0.394 e. The van der Waals surface area contributed by atoms with E-state index in [-0.39, 0.29) is 38.7 Å². The van der Waals surface area contributed by atoms with Crippen LogP contribution in [0.3, 0.4) is 0 Å². The Labute approximate surface area is 225 Å². The number of nitrogens with one attached hydrogen (secondary N) is 2. The van der Waals surface area contributed by atoms with Gasteiger partial charge in [0.25, 0.3) is 0 Å². The molecule has 1 aromatic rings. The van der Waals surface area contributed by atoms with E-state index in [0.717, 1.165) is 5.56 Å². The van der Waals surface area contributed by atoms with Crippen molar-refractivity contribution in [2.24, 2.45) is 0 Å². The fourth-order valence-electron chi connectivity index (χ4n) is 4.57.